The number of benzene rings is 2. The fourth-order valence-electron chi connectivity index (χ4n) is 3.31. The number of aromatic nitrogens is 1. The number of pyridine rings is 1. The molecule has 1 aromatic heterocycles. The summed E-state index contributed by atoms with van der Waals surface area (Å²) in [5.74, 6) is -0.970. The van der Waals surface area contributed by atoms with Gasteiger partial charge in [0.05, 0.1) is 11.1 Å². The van der Waals surface area contributed by atoms with Crippen LogP contribution in [0.15, 0.2) is 73.1 Å². The Kier molecular flexibility index (Phi) is 5.16. The van der Waals surface area contributed by atoms with E-state index in [4.69, 9.17) is 0 Å². The smallest absolute Gasteiger partial charge is 0.261 e. The lowest BCUT2D eigenvalue weighted by Crippen LogP contribution is -2.31. The Morgan fingerprint density at radius 2 is 1.59 bits per heavy atom. The highest BCUT2D eigenvalue weighted by molar-refractivity contribution is 6.22. The third-order valence-electron chi connectivity index (χ3n) is 4.90. The van der Waals surface area contributed by atoms with E-state index >= 15 is 0 Å². The maximum absolute atomic E-state index is 12.7. The number of nitrogens with zero attached hydrogens (tertiary/aromatic N) is 2. The van der Waals surface area contributed by atoms with Crippen molar-refractivity contribution >= 4 is 17.7 Å². The molecule has 3 amide bonds. The van der Waals surface area contributed by atoms with E-state index in [-0.39, 0.29) is 23.3 Å². The van der Waals surface area contributed by atoms with Gasteiger partial charge in [0.2, 0.25) is 0 Å². The van der Waals surface area contributed by atoms with Gasteiger partial charge in [-0.1, -0.05) is 30.3 Å². The molecule has 1 N–H and O–H groups in total. The zero-order valence-electron chi connectivity index (χ0n) is 15.7. The van der Waals surface area contributed by atoms with Gasteiger partial charge in [0, 0.05) is 31.0 Å². The zero-order valence-corrected chi connectivity index (χ0v) is 15.7. The molecule has 6 nitrogen and oxygen atoms in total. The molecule has 2 aromatic carbocycles. The lowest BCUT2D eigenvalue weighted by molar-refractivity contribution is 0.0656. The molecule has 1 aliphatic rings. The average Bonchev–Trinajstić information content (AvgIpc) is 3.01. The summed E-state index contributed by atoms with van der Waals surface area (Å²) in [6.07, 6.45) is 3.90. The van der Waals surface area contributed by atoms with Crippen LogP contribution in [0.25, 0.3) is 0 Å². The summed E-state index contributed by atoms with van der Waals surface area (Å²) >= 11 is 0. The Morgan fingerprint density at radius 3 is 2.34 bits per heavy atom. The summed E-state index contributed by atoms with van der Waals surface area (Å²) < 4.78 is 0. The average molecular weight is 385 g/mol. The Morgan fingerprint density at radius 1 is 0.862 bits per heavy atom. The molecule has 6 heteroatoms. The number of nitrogens with one attached hydrogen (secondary N) is 1. The standard InChI is InChI=1S/C23H19N3O3/c27-21(25-15-17-8-11-24-12-9-17)18-6-7-19-20(14-18)23(29)26(22(19)28)13-10-16-4-2-1-3-5-16/h1-9,11-12,14H,10,13,15H2,(H,25,27). The van der Waals surface area contributed by atoms with Crippen LogP contribution < -0.4 is 5.32 Å². The van der Waals surface area contributed by atoms with Crippen LogP contribution in [0.3, 0.4) is 0 Å². The molecule has 0 spiro atoms. The predicted molar refractivity (Wildman–Crippen MR) is 107 cm³/mol. The lowest BCUT2D eigenvalue weighted by atomic mass is 10.1. The molecule has 0 saturated carbocycles. The summed E-state index contributed by atoms with van der Waals surface area (Å²) in [4.78, 5) is 43.0. The Bertz CT molecular complexity index is 1070. The zero-order chi connectivity index (χ0) is 20.2. The second-order valence-electron chi connectivity index (χ2n) is 6.80. The molecule has 0 fully saturated rings. The van der Waals surface area contributed by atoms with Crippen LogP contribution in [0.4, 0.5) is 0 Å². The number of rotatable bonds is 6. The number of hydrogen-bond donors (Lipinski definition) is 1. The van der Waals surface area contributed by atoms with Crippen LogP contribution in [0, 0.1) is 0 Å². The fraction of sp³-hybridized carbons (Fsp3) is 0.130. The molecule has 0 bridgehead atoms. The van der Waals surface area contributed by atoms with Gasteiger partial charge in [-0.05, 0) is 47.9 Å². The normalized spacial score (nSPS) is 12.8. The van der Waals surface area contributed by atoms with Gasteiger partial charge < -0.3 is 5.32 Å². The number of carbonyl (C=O) groups is 3. The third-order valence-corrected chi connectivity index (χ3v) is 4.90. The molecule has 29 heavy (non-hydrogen) atoms. The van der Waals surface area contributed by atoms with Crippen molar-refractivity contribution in [2.24, 2.45) is 0 Å². The van der Waals surface area contributed by atoms with Crippen molar-refractivity contribution in [1.29, 1.82) is 0 Å². The monoisotopic (exact) mass is 385 g/mol. The largest absolute Gasteiger partial charge is 0.348 e. The molecule has 2 heterocycles. The second kappa shape index (κ2) is 8.06. The van der Waals surface area contributed by atoms with Crippen molar-refractivity contribution < 1.29 is 14.4 Å². The molecule has 144 valence electrons. The van der Waals surface area contributed by atoms with Gasteiger partial charge >= 0.3 is 0 Å². The fourth-order valence-corrected chi connectivity index (χ4v) is 3.31. The second-order valence-corrected chi connectivity index (χ2v) is 6.80. The van der Waals surface area contributed by atoms with Crippen LogP contribution in [0.2, 0.25) is 0 Å². The number of imide groups is 1. The van der Waals surface area contributed by atoms with Crippen molar-refractivity contribution in [1.82, 2.24) is 15.2 Å². The van der Waals surface area contributed by atoms with E-state index < -0.39 is 0 Å². The first-order chi connectivity index (χ1) is 14.1. The van der Waals surface area contributed by atoms with Gasteiger partial charge in [0.15, 0.2) is 0 Å². The molecular formula is C23H19N3O3. The first kappa shape index (κ1) is 18.6. The molecule has 0 unspecified atom stereocenters. The molecule has 3 aromatic rings. The summed E-state index contributed by atoms with van der Waals surface area (Å²) in [5.41, 5.74) is 2.95. The highest BCUT2D eigenvalue weighted by Crippen LogP contribution is 2.24. The predicted octanol–water partition coefficient (Wildman–Crippen LogP) is 2.85. The quantitative estimate of drug-likeness (QED) is 0.662. The first-order valence-electron chi connectivity index (χ1n) is 9.35. The molecule has 1 aliphatic heterocycles. The first-order valence-corrected chi connectivity index (χ1v) is 9.35. The summed E-state index contributed by atoms with van der Waals surface area (Å²) in [5, 5.41) is 2.81. The van der Waals surface area contributed by atoms with Crippen LogP contribution in [-0.2, 0) is 13.0 Å². The Labute approximate surface area is 168 Å². The lowest BCUT2D eigenvalue weighted by Gasteiger charge is -2.13. The summed E-state index contributed by atoms with van der Waals surface area (Å²) in [7, 11) is 0. The van der Waals surface area contributed by atoms with Gasteiger partial charge in [-0.3, -0.25) is 24.3 Å². The number of hydrogen-bond acceptors (Lipinski definition) is 4. The maximum atomic E-state index is 12.7. The maximum Gasteiger partial charge on any atom is 0.261 e. The highest BCUT2D eigenvalue weighted by Gasteiger charge is 2.35. The number of fused-ring (bicyclic) bond motifs is 1. The van der Waals surface area contributed by atoms with Crippen LogP contribution in [0.1, 0.15) is 42.2 Å². The molecule has 0 atom stereocenters. The van der Waals surface area contributed by atoms with Crippen LogP contribution >= 0.6 is 0 Å². The Hall–Kier alpha value is -3.80. The molecule has 0 aliphatic carbocycles. The van der Waals surface area contributed by atoms with Crippen molar-refractivity contribution in [2.45, 2.75) is 13.0 Å². The van der Waals surface area contributed by atoms with E-state index in [2.05, 4.69) is 10.3 Å². The van der Waals surface area contributed by atoms with Gasteiger partial charge in [0.1, 0.15) is 0 Å². The highest BCUT2D eigenvalue weighted by atomic mass is 16.2. The van der Waals surface area contributed by atoms with Gasteiger partial charge in [-0.25, -0.2) is 0 Å². The van der Waals surface area contributed by atoms with E-state index in [9.17, 15) is 14.4 Å². The van der Waals surface area contributed by atoms with E-state index in [0.29, 0.717) is 30.6 Å². The van der Waals surface area contributed by atoms with Gasteiger partial charge in [-0.15, -0.1) is 0 Å². The van der Waals surface area contributed by atoms with Gasteiger partial charge in [-0.2, -0.15) is 0 Å². The van der Waals surface area contributed by atoms with Crippen molar-refractivity contribution in [3.8, 4) is 0 Å². The minimum atomic E-state index is -0.357. The molecule has 0 radical (unpaired) electrons. The SMILES string of the molecule is O=C(NCc1ccncc1)c1ccc2c(c1)C(=O)N(CCc1ccccc1)C2=O. The number of carbonyl (C=O) groups excluding carboxylic acids is 3. The van der Waals surface area contributed by atoms with E-state index in [1.807, 2.05) is 42.5 Å². The van der Waals surface area contributed by atoms with Gasteiger partial charge in [0.25, 0.3) is 17.7 Å². The summed E-state index contributed by atoms with van der Waals surface area (Å²) in [6.45, 7) is 0.661. The minimum absolute atomic E-state index is 0.277. The van der Waals surface area contributed by atoms with Crippen LogP contribution in [0.5, 0.6) is 0 Å². The van der Waals surface area contributed by atoms with Crippen LogP contribution in [-0.4, -0.2) is 34.2 Å². The van der Waals surface area contributed by atoms with E-state index in [0.717, 1.165) is 11.1 Å². The summed E-state index contributed by atoms with van der Waals surface area (Å²) in [6, 6.07) is 18.0. The third kappa shape index (κ3) is 3.91. The van der Waals surface area contributed by atoms with Crippen molar-refractivity contribution in [3.05, 3.63) is 101 Å². The molecular weight excluding hydrogens is 366 g/mol. The topological polar surface area (TPSA) is 79.4 Å². The molecule has 0 saturated heterocycles. The van der Waals surface area contributed by atoms with Crippen molar-refractivity contribution in [2.75, 3.05) is 6.54 Å². The van der Waals surface area contributed by atoms with E-state index in [1.165, 1.54) is 11.0 Å². The van der Waals surface area contributed by atoms with E-state index in [1.54, 1.807) is 24.5 Å². The Balaban J connectivity index is 1.45. The molecule has 4 rings (SSSR count). The van der Waals surface area contributed by atoms with Crippen molar-refractivity contribution in [3.63, 3.8) is 0 Å². The number of amides is 3. The minimum Gasteiger partial charge on any atom is -0.348 e.